The Morgan fingerprint density at radius 3 is 2.74 bits per heavy atom. The molecule has 1 aliphatic heterocycles. The van der Waals surface area contributed by atoms with Gasteiger partial charge in [-0.25, -0.2) is 4.39 Å². The van der Waals surface area contributed by atoms with E-state index in [0.29, 0.717) is 5.69 Å². The van der Waals surface area contributed by atoms with Crippen LogP contribution in [0.5, 0.6) is 5.75 Å². The van der Waals surface area contributed by atoms with Gasteiger partial charge in [0, 0.05) is 32.3 Å². The summed E-state index contributed by atoms with van der Waals surface area (Å²) in [7, 11) is 1.70. The van der Waals surface area contributed by atoms with Gasteiger partial charge in [0.2, 0.25) is 0 Å². The highest BCUT2D eigenvalue weighted by Gasteiger charge is 2.24. The molecule has 0 bridgehead atoms. The molecule has 5 heteroatoms. The Hall–Kier alpha value is -1.49. The van der Waals surface area contributed by atoms with Gasteiger partial charge in [0.05, 0.1) is 23.6 Å². The molecule has 2 N–H and O–H groups in total. The molecule has 0 amide bonds. The summed E-state index contributed by atoms with van der Waals surface area (Å²) in [6.07, 6.45) is 1.09. The summed E-state index contributed by atoms with van der Waals surface area (Å²) in [6, 6.07) is 3.01. The number of halogens is 1. The standard InChI is InChI=1S/C14H21FN2O2/c1-9(2)19-14-7-13(12(16)6-11(14)15)17-5-4-10(8-17)18-3/h6-7,9-10H,4-5,8,16H2,1-3H3. The van der Waals surface area contributed by atoms with Crippen LogP contribution in [0.15, 0.2) is 12.1 Å². The summed E-state index contributed by atoms with van der Waals surface area (Å²) in [6.45, 7) is 5.36. The van der Waals surface area contributed by atoms with Crippen molar-refractivity contribution in [3.63, 3.8) is 0 Å². The summed E-state index contributed by atoms with van der Waals surface area (Å²) in [5, 5.41) is 0. The van der Waals surface area contributed by atoms with Gasteiger partial charge in [-0.15, -0.1) is 0 Å². The van der Waals surface area contributed by atoms with Crippen molar-refractivity contribution in [2.24, 2.45) is 0 Å². The molecular weight excluding hydrogens is 247 g/mol. The van der Waals surface area contributed by atoms with Gasteiger partial charge in [-0.3, -0.25) is 0 Å². The van der Waals surface area contributed by atoms with Crippen LogP contribution in [-0.2, 0) is 4.74 Å². The van der Waals surface area contributed by atoms with E-state index in [0.717, 1.165) is 25.2 Å². The van der Waals surface area contributed by atoms with E-state index in [1.165, 1.54) is 6.07 Å². The fourth-order valence-electron chi connectivity index (χ4n) is 2.32. The average molecular weight is 268 g/mol. The number of anilines is 2. The molecule has 0 spiro atoms. The first kappa shape index (κ1) is 13.9. The van der Waals surface area contributed by atoms with Gasteiger partial charge < -0.3 is 20.1 Å². The van der Waals surface area contributed by atoms with E-state index >= 15 is 0 Å². The molecule has 2 rings (SSSR count). The predicted molar refractivity (Wildman–Crippen MR) is 74.2 cm³/mol. The fourth-order valence-corrected chi connectivity index (χ4v) is 2.32. The van der Waals surface area contributed by atoms with Crippen molar-refractivity contribution in [2.45, 2.75) is 32.5 Å². The van der Waals surface area contributed by atoms with E-state index in [9.17, 15) is 4.39 Å². The van der Waals surface area contributed by atoms with Crippen LogP contribution in [0.3, 0.4) is 0 Å². The molecule has 1 aliphatic rings. The van der Waals surface area contributed by atoms with Crippen LogP contribution in [0.1, 0.15) is 20.3 Å². The lowest BCUT2D eigenvalue weighted by molar-refractivity contribution is 0.121. The van der Waals surface area contributed by atoms with E-state index in [1.54, 1.807) is 13.2 Å². The fraction of sp³-hybridized carbons (Fsp3) is 0.571. The summed E-state index contributed by atoms with van der Waals surface area (Å²) >= 11 is 0. The van der Waals surface area contributed by atoms with Crippen LogP contribution in [0.25, 0.3) is 0 Å². The summed E-state index contributed by atoms with van der Waals surface area (Å²) < 4.78 is 24.6. The number of rotatable bonds is 4. The van der Waals surface area contributed by atoms with Crippen LogP contribution >= 0.6 is 0 Å². The quantitative estimate of drug-likeness (QED) is 0.852. The van der Waals surface area contributed by atoms with E-state index in [-0.39, 0.29) is 18.0 Å². The zero-order chi connectivity index (χ0) is 14.0. The normalized spacial score (nSPS) is 19.2. The maximum atomic E-state index is 13.8. The minimum absolute atomic E-state index is 0.0729. The zero-order valence-corrected chi connectivity index (χ0v) is 11.6. The number of benzene rings is 1. The second-order valence-electron chi connectivity index (χ2n) is 5.10. The Labute approximate surface area is 113 Å². The Morgan fingerprint density at radius 1 is 1.42 bits per heavy atom. The third-order valence-electron chi connectivity index (χ3n) is 3.26. The zero-order valence-electron chi connectivity index (χ0n) is 11.6. The van der Waals surface area contributed by atoms with Crippen LogP contribution in [0.2, 0.25) is 0 Å². The molecule has 0 aliphatic carbocycles. The second-order valence-corrected chi connectivity index (χ2v) is 5.10. The van der Waals surface area contributed by atoms with Gasteiger partial charge >= 0.3 is 0 Å². The Bertz CT molecular complexity index is 451. The van der Waals surface area contributed by atoms with Crippen molar-refractivity contribution in [1.29, 1.82) is 0 Å². The van der Waals surface area contributed by atoms with Gasteiger partial charge in [0.15, 0.2) is 11.6 Å². The number of nitrogens with two attached hydrogens (primary N) is 1. The molecule has 0 aromatic heterocycles. The Balaban J connectivity index is 2.25. The lowest BCUT2D eigenvalue weighted by Gasteiger charge is -2.22. The molecule has 1 atom stereocenters. The number of nitrogens with zero attached hydrogens (tertiary/aromatic N) is 1. The van der Waals surface area contributed by atoms with Crippen molar-refractivity contribution >= 4 is 11.4 Å². The van der Waals surface area contributed by atoms with E-state index in [4.69, 9.17) is 15.2 Å². The molecule has 1 aromatic rings. The topological polar surface area (TPSA) is 47.7 Å². The maximum Gasteiger partial charge on any atom is 0.167 e. The average Bonchev–Trinajstić information content (AvgIpc) is 2.80. The van der Waals surface area contributed by atoms with Crippen molar-refractivity contribution < 1.29 is 13.9 Å². The van der Waals surface area contributed by atoms with Gasteiger partial charge in [-0.05, 0) is 20.3 Å². The Morgan fingerprint density at radius 2 is 2.16 bits per heavy atom. The second kappa shape index (κ2) is 5.65. The van der Waals surface area contributed by atoms with Crippen molar-refractivity contribution in [1.82, 2.24) is 0 Å². The minimum Gasteiger partial charge on any atom is -0.488 e. The molecule has 1 heterocycles. The molecule has 0 radical (unpaired) electrons. The van der Waals surface area contributed by atoms with Gasteiger partial charge in [-0.1, -0.05) is 0 Å². The number of hydrogen-bond donors (Lipinski definition) is 1. The molecule has 1 aromatic carbocycles. The third-order valence-corrected chi connectivity index (χ3v) is 3.26. The molecule has 1 saturated heterocycles. The number of methoxy groups -OCH3 is 1. The summed E-state index contributed by atoms with van der Waals surface area (Å²) in [4.78, 5) is 2.11. The molecule has 4 nitrogen and oxygen atoms in total. The first-order chi connectivity index (χ1) is 9.01. The monoisotopic (exact) mass is 268 g/mol. The van der Waals surface area contributed by atoms with E-state index in [2.05, 4.69) is 4.90 Å². The highest BCUT2D eigenvalue weighted by molar-refractivity contribution is 5.70. The largest absolute Gasteiger partial charge is 0.488 e. The molecule has 1 fully saturated rings. The summed E-state index contributed by atoms with van der Waals surface area (Å²) in [5.41, 5.74) is 7.16. The van der Waals surface area contributed by atoms with Crippen molar-refractivity contribution in [3.8, 4) is 5.75 Å². The van der Waals surface area contributed by atoms with Gasteiger partial charge in [-0.2, -0.15) is 0 Å². The molecule has 106 valence electrons. The van der Waals surface area contributed by atoms with Gasteiger partial charge in [0.25, 0.3) is 0 Å². The lowest BCUT2D eigenvalue weighted by atomic mass is 10.2. The highest BCUT2D eigenvalue weighted by Crippen LogP contribution is 2.33. The molecule has 1 unspecified atom stereocenters. The number of hydrogen-bond acceptors (Lipinski definition) is 4. The highest BCUT2D eigenvalue weighted by atomic mass is 19.1. The molecule has 19 heavy (non-hydrogen) atoms. The smallest absolute Gasteiger partial charge is 0.167 e. The van der Waals surface area contributed by atoms with Crippen LogP contribution < -0.4 is 15.4 Å². The van der Waals surface area contributed by atoms with Crippen molar-refractivity contribution in [3.05, 3.63) is 17.9 Å². The summed E-state index contributed by atoms with van der Waals surface area (Å²) in [5.74, 6) is -0.169. The molecular formula is C14H21FN2O2. The number of ether oxygens (including phenoxy) is 2. The van der Waals surface area contributed by atoms with Crippen LogP contribution in [-0.4, -0.2) is 32.4 Å². The van der Waals surface area contributed by atoms with Crippen LogP contribution in [0.4, 0.5) is 15.8 Å². The Kier molecular flexibility index (Phi) is 4.14. The third kappa shape index (κ3) is 3.10. The minimum atomic E-state index is -0.419. The van der Waals surface area contributed by atoms with Crippen molar-refractivity contribution in [2.75, 3.05) is 30.8 Å². The SMILES string of the molecule is COC1CCN(c2cc(OC(C)C)c(F)cc2N)C1. The van der Waals surface area contributed by atoms with Crippen LogP contribution in [0, 0.1) is 5.82 Å². The maximum absolute atomic E-state index is 13.8. The predicted octanol–water partition coefficient (Wildman–Crippen LogP) is 2.42. The van der Waals surface area contributed by atoms with E-state index in [1.807, 2.05) is 13.8 Å². The number of nitrogen functional groups attached to an aromatic ring is 1. The molecule has 0 saturated carbocycles. The van der Waals surface area contributed by atoms with Gasteiger partial charge in [0.1, 0.15) is 0 Å². The lowest BCUT2D eigenvalue weighted by Crippen LogP contribution is -2.23. The first-order valence-electron chi connectivity index (χ1n) is 6.54. The first-order valence-corrected chi connectivity index (χ1v) is 6.54. The van der Waals surface area contributed by atoms with E-state index < -0.39 is 5.82 Å².